The van der Waals surface area contributed by atoms with Crippen molar-refractivity contribution in [3.05, 3.63) is 72.0 Å². The number of amides is 2. The fraction of sp³-hybridized carbons (Fsp3) is 0.0556. The summed E-state index contributed by atoms with van der Waals surface area (Å²) in [7, 11) is 0. The fourth-order valence-electron chi connectivity index (χ4n) is 2.35. The van der Waals surface area contributed by atoms with Crippen LogP contribution in [0.3, 0.4) is 0 Å². The molecule has 2 amide bonds. The molecule has 0 spiro atoms. The monoisotopic (exact) mass is 294 g/mol. The van der Waals surface area contributed by atoms with Crippen molar-refractivity contribution >= 4 is 28.2 Å². The first-order valence-electron chi connectivity index (χ1n) is 6.95. The van der Waals surface area contributed by atoms with Crippen molar-refractivity contribution in [1.82, 2.24) is 0 Å². The minimum Gasteiger partial charge on any atom is -0.307 e. The molecule has 3 nitrogen and oxygen atoms in total. The highest BCUT2D eigenvalue weighted by Crippen LogP contribution is 2.23. The molecule has 4 heteroatoms. The normalized spacial score (nSPS) is 10.5. The Hall–Kier alpha value is -2.88. The van der Waals surface area contributed by atoms with Crippen LogP contribution in [0.4, 0.5) is 20.6 Å². The van der Waals surface area contributed by atoms with E-state index in [4.69, 9.17) is 0 Å². The van der Waals surface area contributed by atoms with Crippen molar-refractivity contribution < 1.29 is 9.18 Å². The molecule has 0 heterocycles. The molecule has 0 saturated carbocycles. The van der Waals surface area contributed by atoms with Crippen LogP contribution in [-0.2, 0) is 0 Å². The van der Waals surface area contributed by atoms with Crippen molar-refractivity contribution in [3.63, 3.8) is 0 Å². The zero-order valence-corrected chi connectivity index (χ0v) is 12.1. The maximum atomic E-state index is 13.7. The molecule has 0 bridgehead atoms. The van der Waals surface area contributed by atoms with Crippen LogP contribution in [0.5, 0.6) is 0 Å². The van der Waals surface area contributed by atoms with E-state index in [1.165, 1.54) is 6.07 Å². The summed E-state index contributed by atoms with van der Waals surface area (Å²) in [5.74, 6) is -0.460. The Kier molecular flexibility index (Phi) is 3.74. The van der Waals surface area contributed by atoms with E-state index in [1.54, 1.807) is 12.1 Å². The van der Waals surface area contributed by atoms with Crippen LogP contribution in [0.25, 0.3) is 10.8 Å². The highest BCUT2D eigenvalue weighted by atomic mass is 19.1. The predicted molar refractivity (Wildman–Crippen MR) is 87.7 cm³/mol. The smallest absolute Gasteiger partial charge is 0.307 e. The lowest BCUT2D eigenvalue weighted by molar-refractivity contribution is 0.262. The van der Waals surface area contributed by atoms with Crippen LogP contribution in [0, 0.1) is 12.7 Å². The van der Waals surface area contributed by atoms with Gasteiger partial charge in [-0.25, -0.2) is 9.18 Å². The van der Waals surface area contributed by atoms with Gasteiger partial charge in [0.05, 0.1) is 11.4 Å². The van der Waals surface area contributed by atoms with Gasteiger partial charge in [0.1, 0.15) is 5.82 Å². The maximum absolute atomic E-state index is 13.7. The number of halogens is 1. The van der Waals surface area contributed by atoms with E-state index in [1.807, 2.05) is 49.4 Å². The zero-order chi connectivity index (χ0) is 15.5. The molecule has 0 aliphatic rings. The van der Waals surface area contributed by atoms with Gasteiger partial charge in [-0.15, -0.1) is 0 Å². The van der Waals surface area contributed by atoms with Gasteiger partial charge in [-0.3, -0.25) is 0 Å². The highest BCUT2D eigenvalue weighted by molar-refractivity contribution is 6.06. The topological polar surface area (TPSA) is 41.1 Å². The Morgan fingerprint density at radius 3 is 2.50 bits per heavy atom. The molecule has 0 radical (unpaired) electrons. The number of hydrogen-bond donors (Lipinski definition) is 2. The average molecular weight is 294 g/mol. The van der Waals surface area contributed by atoms with Gasteiger partial charge in [0.25, 0.3) is 0 Å². The third-order valence-corrected chi connectivity index (χ3v) is 3.41. The van der Waals surface area contributed by atoms with Gasteiger partial charge >= 0.3 is 6.03 Å². The third-order valence-electron chi connectivity index (χ3n) is 3.41. The summed E-state index contributed by atoms with van der Waals surface area (Å²) in [5.41, 5.74) is 1.73. The Morgan fingerprint density at radius 2 is 1.64 bits per heavy atom. The number of benzene rings is 3. The molecule has 0 unspecified atom stereocenters. The minimum absolute atomic E-state index is 0.165. The van der Waals surface area contributed by atoms with Gasteiger partial charge in [0.2, 0.25) is 0 Å². The Bertz CT molecular complexity index is 840. The second-order valence-corrected chi connectivity index (χ2v) is 5.09. The fourth-order valence-corrected chi connectivity index (χ4v) is 2.35. The number of aryl methyl sites for hydroxylation is 1. The van der Waals surface area contributed by atoms with Crippen molar-refractivity contribution in [1.29, 1.82) is 0 Å². The van der Waals surface area contributed by atoms with Crippen molar-refractivity contribution in [2.24, 2.45) is 0 Å². The van der Waals surface area contributed by atoms with Crippen LogP contribution in [0.15, 0.2) is 60.7 Å². The number of hydrogen-bond acceptors (Lipinski definition) is 1. The summed E-state index contributed by atoms with van der Waals surface area (Å²) in [4.78, 5) is 12.1. The second kappa shape index (κ2) is 5.85. The minimum atomic E-state index is -0.471. The molecule has 0 fully saturated rings. The van der Waals surface area contributed by atoms with Crippen molar-refractivity contribution in [3.8, 4) is 0 Å². The summed E-state index contributed by atoms with van der Waals surface area (Å²) < 4.78 is 13.7. The van der Waals surface area contributed by atoms with Gasteiger partial charge in [-0.05, 0) is 36.1 Å². The molecular formula is C18H15FN2O. The van der Waals surface area contributed by atoms with Crippen molar-refractivity contribution in [2.45, 2.75) is 6.92 Å². The largest absolute Gasteiger partial charge is 0.323 e. The molecule has 0 saturated heterocycles. The molecule has 0 aromatic heterocycles. The average Bonchev–Trinajstić information content (AvgIpc) is 2.51. The molecule has 0 atom stereocenters. The van der Waals surface area contributed by atoms with Crippen molar-refractivity contribution in [2.75, 3.05) is 10.6 Å². The summed E-state index contributed by atoms with van der Waals surface area (Å²) in [6, 6.07) is 17.5. The lowest BCUT2D eigenvalue weighted by Gasteiger charge is -2.11. The first-order chi connectivity index (χ1) is 10.6. The van der Waals surface area contributed by atoms with E-state index in [0.717, 1.165) is 16.3 Å². The SMILES string of the molecule is Cc1ccc(F)c(NC(=O)Nc2cccc3ccccc23)c1. The van der Waals surface area contributed by atoms with Crippen LogP contribution >= 0.6 is 0 Å². The summed E-state index contributed by atoms with van der Waals surface area (Å²) in [5, 5.41) is 7.27. The number of anilines is 2. The van der Waals surface area contributed by atoms with Crippen LogP contribution < -0.4 is 10.6 Å². The second-order valence-electron chi connectivity index (χ2n) is 5.09. The maximum Gasteiger partial charge on any atom is 0.323 e. The summed E-state index contributed by atoms with van der Waals surface area (Å²) in [6.45, 7) is 1.84. The molecule has 3 aromatic rings. The molecule has 3 aromatic carbocycles. The Labute approximate surface area is 127 Å². The third kappa shape index (κ3) is 2.91. The van der Waals surface area contributed by atoms with E-state index in [-0.39, 0.29) is 5.69 Å². The lowest BCUT2D eigenvalue weighted by atomic mass is 10.1. The van der Waals surface area contributed by atoms with Gasteiger partial charge in [0.15, 0.2) is 0 Å². The van der Waals surface area contributed by atoms with Gasteiger partial charge in [-0.1, -0.05) is 42.5 Å². The number of urea groups is 1. The Balaban J connectivity index is 1.83. The van der Waals surface area contributed by atoms with E-state index in [9.17, 15) is 9.18 Å². The van der Waals surface area contributed by atoms with Crippen LogP contribution in [0.2, 0.25) is 0 Å². The van der Waals surface area contributed by atoms with Crippen LogP contribution in [0.1, 0.15) is 5.56 Å². The predicted octanol–water partition coefficient (Wildman–Crippen LogP) is 4.93. The Morgan fingerprint density at radius 1 is 0.909 bits per heavy atom. The van der Waals surface area contributed by atoms with E-state index < -0.39 is 11.8 Å². The van der Waals surface area contributed by atoms with Gasteiger partial charge in [0, 0.05) is 5.39 Å². The molecule has 110 valence electrons. The zero-order valence-electron chi connectivity index (χ0n) is 12.1. The number of carbonyl (C=O) groups excluding carboxylic acids is 1. The number of fused-ring (bicyclic) bond motifs is 1. The molecule has 3 rings (SSSR count). The molecule has 22 heavy (non-hydrogen) atoms. The number of nitrogens with one attached hydrogen (secondary N) is 2. The standard InChI is InChI=1S/C18H15FN2O/c1-12-9-10-15(19)17(11-12)21-18(22)20-16-8-4-6-13-5-2-3-7-14(13)16/h2-11H,1H3,(H2,20,21,22). The van der Waals surface area contributed by atoms with E-state index >= 15 is 0 Å². The van der Waals surface area contributed by atoms with Gasteiger partial charge in [-0.2, -0.15) is 0 Å². The number of carbonyl (C=O) groups is 1. The molecular weight excluding hydrogens is 279 g/mol. The molecule has 0 aliphatic heterocycles. The number of rotatable bonds is 2. The molecule has 2 N–H and O–H groups in total. The first kappa shape index (κ1) is 14.1. The molecule has 0 aliphatic carbocycles. The first-order valence-corrected chi connectivity index (χ1v) is 6.95. The van der Waals surface area contributed by atoms with Gasteiger partial charge < -0.3 is 10.6 Å². The van der Waals surface area contributed by atoms with E-state index in [0.29, 0.717) is 5.69 Å². The van der Waals surface area contributed by atoms with Crippen LogP contribution in [-0.4, -0.2) is 6.03 Å². The quantitative estimate of drug-likeness (QED) is 0.691. The lowest BCUT2D eigenvalue weighted by Crippen LogP contribution is -2.20. The highest BCUT2D eigenvalue weighted by Gasteiger charge is 2.08. The summed E-state index contributed by atoms with van der Waals surface area (Å²) >= 11 is 0. The van der Waals surface area contributed by atoms with E-state index in [2.05, 4.69) is 10.6 Å². The summed E-state index contributed by atoms with van der Waals surface area (Å²) in [6.07, 6.45) is 0.